The molecule has 0 heterocycles. The van der Waals surface area contributed by atoms with E-state index >= 15 is 0 Å². The molecule has 1 unspecified atom stereocenters. The van der Waals surface area contributed by atoms with E-state index in [1.807, 2.05) is 39.4 Å². The highest BCUT2D eigenvalue weighted by molar-refractivity contribution is 5.79. The fourth-order valence-corrected chi connectivity index (χ4v) is 3.54. The quantitative estimate of drug-likeness (QED) is 0.0558. The van der Waals surface area contributed by atoms with Gasteiger partial charge in [0.05, 0.1) is 6.54 Å². The lowest BCUT2D eigenvalue weighted by Gasteiger charge is -2.24. The molecule has 0 bridgehead atoms. The molecule has 2 N–H and O–H groups in total. The normalized spacial score (nSPS) is 15.2. The minimum atomic E-state index is -1.36. The van der Waals surface area contributed by atoms with Crippen molar-refractivity contribution in [2.75, 3.05) is 33.2 Å². The van der Waals surface area contributed by atoms with Crippen molar-refractivity contribution in [3.8, 4) is 0 Å². The molecule has 0 aromatic rings. The van der Waals surface area contributed by atoms with Crippen LogP contribution in [-0.2, 0) is 9.59 Å². The second-order valence-electron chi connectivity index (χ2n) is 10.7. The van der Waals surface area contributed by atoms with E-state index in [1.165, 1.54) is 0 Å². The van der Waals surface area contributed by atoms with Gasteiger partial charge in [-0.05, 0) is 99.9 Å². The van der Waals surface area contributed by atoms with E-state index in [9.17, 15) is 18.9 Å². The number of halogens is 1. The van der Waals surface area contributed by atoms with Gasteiger partial charge in [-0.3, -0.25) is 9.59 Å². The SMILES string of the molecule is CC/C(C)=C(/C=C\N(C)CCCCCN=O)C(=C/NCC(C=C(C)C=O)=CNCC(C)(F)C(C)C)\CC(C)=O. The third kappa shape index (κ3) is 16.5. The van der Waals surface area contributed by atoms with Crippen molar-refractivity contribution in [1.29, 1.82) is 0 Å². The van der Waals surface area contributed by atoms with Gasteiger partial charge < -0.3 is 15.5 Å². The number of Topliss-reactive ketones (excluding diaryl/α,β-unsaturated/α-hetero) is 1. The van der Waals surface area contributed by atoms with Crippen LogP contribution in [-0.4, -0.2) is 55.9 Å². The summed E-state index contributed by atoms with van der Waals surface area (Å²) in [6.07, 6.45) is 14.0. The fourth-order valence-electron chi connectivity index (χ4n) is 3.54. The van der Waals surface area contributed by atoms with Crippen molar-refractivity contribution in [2.24, 2.45) is 11.1 Å². The molecule has 8 heteroatoms. The first kappa shape index (κ1) is 36.0. The van der Waals surface area contributed by atoms with Gasteiger partial charge in [0.2, 0.25) is 0 Å². The molecule has 1 atom stereocenters. The topological polar surface area (TPSA) is 90.9 Å². The van der Waals surface area contributed by atoms with Crippen molar-refractivity contribution in [3.63, 3.8) is 0 Å². The third-order valence-electron chi connectivity index (χ3n) is 6.65. The van der Waals surface area contributed by atoms with Crippen LogP contribution in [0.15, 0.2) is 63.8 Å². The summed E-state index contributed by atoms with van der Waals surface area (Å²) in [6.45, 7) is 14.5. The highest BCUT2D eigenvalue weighted by atomic mass is 19.1. The van der Waals surface area contributed by atoms with Gasteiger partial charge in [-0.1, -0.05) is 31.5 Å². The molecule has 0 amide bonds. The molecule has 0 aliphatic rings. The molecule has 220 valence electrons. The van der Waals surface area contributed by atoms with Crippen molar-refractivity contribution in [2.45, 2.75) is 86.2 Å². The number of unbranched alkanes of at least 4 members (excludes halogenated alkanes) is 2. The number of hydrogen-bond donors (Lipinski definition) is 2. The Hall–Kier alpha value is -3.03. The molecule has 0 fully saturated rings. The Labute approximate surface area is 235 Å². The molecule has 0 spiro atoms. The largest absolute Gasteiger partial charge is 0.387 e. The number of alkyl halides is 1. The first-order chi connectivity index (χ1) is 18.4. The van der Waals surface area contributed by atoms with Crippen molar-refractivity contribution < 1.29 is 14.0 Å². The van der Waals surface area contributed by atoms with Gasteiger partial charge in [0.1, 0.15) is 17.7 Å². The molecule has 0 saturated heterocycles. The van der Waals surface area contributed by atoms with Crippen LogP contribution in [0.4, 0.5) is 4.39 Å². The third-order valence-corrected chi connectivity index (χ3v) is 6.65. The van der Waals surface area contributed by atoms with Crippen LogP contribution in [0.5, 0.6) is 0 Å². The lowest BCUT2D eigenvalue weighted by atomic mass is 9.94. The number of nitroso groups, excluding NO2 is 1. The van der Waals surface area contributed by atoms with Gasteiger partial charge in [-0.25, -0.2) is 4.39 Å². The average molecular weight is 547 g/mol. The Morgan fingerprint density at radius 2 is 1.79 bits per heavy atom. The van der Waals surface area contributed by atoms with E-state index in [0.717, 1.165) is 60.8 Å². The van der Waals surface area contributed by atoms with Crippen molar-refractivity contribution in [3.05, 3.63) is 63.5 Å². The van der Waals surface area contributed by atoms with E-state index in [0.29, 0.717) is 18.7 Å². The molecule has 0 aromatic heterocycles. The minimum Gasteiger partial charge on any atom is -0.387 e. The summed E-state index contributed by atoms with van der Waals surface area (Å²) in [5.41, 5.74) is 3.02. The van der Waals surface area contributed by atoms with Crippen LogP contribution in [0.3, 0.4) is 0 Å². The zero-order chi connectivity index (χ0) is 29.8. The van der Waals surface area contributed by atoms with Crippen molar-refractivity contribution in [1.82, 2.24) is 15.5 Å². The Balaban J connectivity index is 5.78. The number of nitrogens with one attached hydrogen (secondary N) is 2. The summed E-state index contributed by atoms with van der Waals surface area (Å²) < 4.78 is 14.7. The second kappa shape index (κ2) is 20.0. The van der Waals surface area contributed by atoms with Gasteiger partial charge in [0.15, 0.2) is 0 Å². The predicted molar refractivity (Wildman–Crippen MR) is 161 cm³/mol. The van der Waals surface area contributed by atoms with Gasteiger partial charge in [-0.15, -0.1) is 0 Å². The number of rotatable bonds is 21. The number of carbonyl (C=O) groups is 2. The van der Waals surface area contributed by atoms with Crippen molar-refractivity contribution >= 4 is 12.1 Å². The maximum atomic E-state index is 14.7. The van der Waals surface area contributed by atoms with E-state index in [1.54, 1.807) is 33.0 Å². The van der Waals surface area contributed by atoms with Gasteiger partial charge >= 0.3 is 0 Å². The van der Waals surface area contributed by atoms with Crippen LogP contribution >= 0.6 is 0 Å². The summed E-state index contributed by atoms with van der Waals surface area (Å²) in [5, 5.41) is 9.26. The summed E-state index contributed by atoms with van der Waals surface area (Å²) in [5.74, 6) is -0.0804. The van der Waals surface area contributed by atoms with E-state index < -0.39 is 5.67 Å². The smallest absolute Gasteiger partial charge is 0.145 e. The lowest BCUT2D eigenvalue weighted by molar-refractivity contribution is -0.116. The zero-order valence-electron chi connectivity index (χ0n) is 25.4. The maximum absolute atomic E-state index is 14.7. The Morgan fingerprint density at radius 1 is 1.10 bits per heavy atom. The van der Waals surface area contributed by atoms with Crippen LogP contribution in [0, 0.1) is 10.8 Å². The summed E-state index contributed by atoms with van der Waals surface area (Å²) >= 11 is 0. The van der Waals surface area contributed by atoms with Crippen LogP contribution in [0.1, 0.15) is 80.6 Å². The molecule has 0 aliphatic carbocycles. The first-order valence-electron chi connectivity index (χ1n) is 13.9. The molecular weight excluding hydrogens is 495 g/mol. The van der Waals surface area contributed by atoms with E-state index in [2.05, 4.69) is 34.6 Å². The number of nitrogens with zero attached hydrogens (tertiary/aromatic N) is 2. The van der Waals surface area contributed by atoms with Crippen LogP contribution < -0.4 is 10.6 Å². The van der Waals surface area contributed by atoms with E-state index in [4.69, 9.17) is 0 Å². The Morgan fingerprint density at radius 3 is 2.36 bits per heavy atom. The molecule has 7 nitrogen and oxygen atoms in total. The summed E-state index contributed by atoms with van der Waals surface area (Å²) in [7, 11) is 2.01. The number of carbonyl (C=O) groups excluding carboxylic acids is 2. The minimum absolute atomic E-state index is 0.0556. The van der Waals surface area contributed by atoms with Crippen LogP contribution in [0.2, 0.25) is 0 Å². The van der Waals surface area contributed by atoms with E-state index in [-0.39, 0.29) is 24.7 Å². The number of allylic oxidation sites excluding steroid dienone is 5. The number of hydrogen-bond acceptors (Lipinski definition) is 7. The lowest BCUT2D eigenvalue weighted by Crippen LogP contribution is -2.36. The Kier molecular flexibility index (Phi) is 18.4. The van der Waals surface area contributed by atoms with Gasteiger partial charge in [0.25, 0.3) is 0 Å². The summed E-state index contributed by atoms with van der Waals surface area (Å²) in [6, 6.07) is 0. The molecule has 0 rings (SSSR count). The predicted octanol–water partition coefficient (Wildman–Crippen LogP) is 6.55. The zero-order valence-corrected chi connectivity index (χ0v) is 25.4. The average Bonchev–Trinajstić information content (AvgIpc) is 2.87. The van der Waals surface area contributed by atoms with Gasteiger partial charge in [-0.2, -0.15) is 4.91 Å². The molecule has 0 aliphatic heterocycles. The standard InChI is InChI=1S/C31H51FN4O3/c1-9-26(5)30(13-16-36(8)15-12-10-11-14-35-39)29(18-27(6)38)21-33-19-28(17-25(4)22-37)20-34-23-31(7,32)24(2)3/h13,16-17,20-22,24,33-34H,9-12,14-15,18-19,23H2,1-8H3/b16-13-,25-17?,28-20?,29-21-,30-26-. The highest BCUT2D eigenvalue weighted by Gasteiger charge is 2.26. The summed E-state index contributed by atoms with van der Waals surface area (Å²) in [4.78, 5) is 35.7. The molecule has 0 aromatic carbocycles. The molecule has 39 heavy (non-hydrogen) atoms. The molecular formula is C31H51FN4O3. The molecule has 0 saturated carbocycles. The van der Waals surface area contributed by atoms with Crippen LogP contribution in [0.25, 0.3) is 0 Å². The maximum Gasteiger partial charge on any atom is 0.145 e. The number of aldehydes is 1. The Bertz CT molecular complexity index is 930. The second-order valence-corrected chi connectivity index (χ2v) is 10.7. The fraction of sp³-hybridized carbons (Fsp3) is 0.613. The monoisotopic (exact) mass is 546 g/mol. The highest BCUT2D eigenvalue weighted by Crippen LogP contribution is 2.22. The van der Waals surface area contributed by atoms with Gasteiger partial charge in [0, 0.05) is 45.5 Å². The number of ketones is 1. The first-order valence-corrected chi connectivity index (χ1v) is 13.9. The molecule has 0 radical (unpaired) electrons.